The molecule has 2 unspecified atom stereocenters. The second-order valence-corrected chi connectivity index (χ2v) is 9.83. The molecule has 3 aromatic heterocycles. The molecule has 1 aliphatic carbocycles. The molecule has 1 amide bonds. The predicted molar refractivity (Wildman–Crippen MR) is 137 cm³/mol. The Hall–Kier alpha value is -3.85. The lowest BCUT2D eigenvalue weighted by molar-refractivity contribution is -0.131. The number of furan rings is 2. The van der Waals surface area contributed by atoms with E-state index in [0.29, 0.717) is 5.16 Å². The first-order chi connectivity index (χ1) is 17.7. The van der Waals surface area contributed by atoms with Gasteiger partial charge in [-0.05, 0) is 55.2 Å². The van der Waals surface area contributed by atoms with Crippen LogP contribution < -0.4 is 0 Å². The number of rotatable bonds is 6. The molecule has 9 heteroatoms. The summed E-state index contributed by atoms with van der Waals surface area (Å²) in [6.45, 7) is 0. The maximum Gasteiger partial charge on any atom is 0.253 e. The van der Waals surface area contributed by atoms with Gasteiger partial charge in [0.1, 0.15) is 17.6 Å². The average molecular weight is 500 g/mol. The lowest BCUT2D eigenvalue weighted by Crippen LogP contribution is -2.32. The van der Waals surface area contributed by atoms with E-state index in [-0.39, 0.29) is 23.6 Å². The Morgan fingerprint density at radius 2 is 1.92 bits per heavy atom. The van der Waals surface area contributed by atoms with Crippen molar-refractivity contribution >= 4 is 29.5 Å². The summed E-state index contributed by atoms with van der Waals surface area (Å²) in [5.74, 6) is 2.49. The van der Waals surface area contributed by atoms with E-state index in [1.54, 1.807) is 17.5 Å². The van der Waals surface area contributed by atoms with Crippen molar-refractivity contribution in [3.05, 3.63) is 84.2 Å². The Morgan fingerprint density at radius 3 is 2.69 bits per heavy atom. The van der Waals surface area contributed by atoms with E-state index in [4.69, 9.17) is 13.9 Å². The van der Waals surface area contributed by atoms with E-state index in [1.165, 1.54) is 11.8 Å². The molecule has 4 heterocycles. The third-order valence-corrected chi connectivity index (χ3v) is 7.65. The number of fused-ring (bicyclic) bond motifs is 1. The molecule has 2 atom stereocenters. The molecule has 0 saturated heterocycles. The maximum absolute atomic E-state index is 13.5. The molecule has 0 spiro atoms. The van der Waals surface area contributed by atoms with Gasteiger partial charge in [-0.25, -0.2) is 5.01 Å². The predicted octanol–water partition coefficient (Wildman–Crippen LogP) is 5.58. The number of allylic oxidation sites excluding steroid dienone is 1. The van der Waals surface area contributed by atoms with Gasteiger partial charge in [0.15, 0.2) is 11.0 Å². The van der Waals surface area contributed by atoms with Crippen molar-refractivity contribution in [2.75, 3.05) is 5.75 Å². The summed E-state index contributed by atoms with van der Waals surface area (Å²) in [6, 6.07) is 17.2. The maximum atomic E-state index is 13.5. The van der Waals surface area contributed by atoms with Crippen LogP contribution in [0.2, 0.25) is 0 Å². The number of nitrogens with zero attached hydrogens (tertiary/aromatic N) is 5. The number of hydrogen-bond acceptors (Lipinski definition) is 7. The fourth-order valence-corrected chi connectivity index (χ4v) is 5.73. The van der Waals surface area contributed by atoms with Gasteiger partial charge < -0.3 is 13.4 Å². The quantitative estimate of drug-likeness (QED) is 0.322. The number of aromatic nitrogens is 3. The van der Waals surface area contributed by atoms with Gasteiger partial charge in [0.25, 0.3) is 5.91 Å². The normalized spacial score (nSPS) is 20.5. The van der Waals surface area contributed by atoms with E-state index < -0.39 is 0 Å². The smallest absolute Gasteiger partial charge is 0.253 e. The summed E-state index contributed by atoms with van der Waals surface area (Å²) < 4.78 is 13.2. The standard InChI is InChI=1S/C27H25N5O3S/c1-31-26(18-8-3-2-4-9-18)28-29-27(31)36-17-23(33)32-25(22-13-7-15-35-22)21-12-5-10-19(24(21)30-32)16-20-11-6-14-34-20/h2-4,6-9,11,13-16,21,25H,5,10,12,17H2,1H3/b19-16+. The molecule has 1 aromatic carbocycles. The van der Waals surface area contributed by atoms with Crippen LogP contribution in [0.3, 0.4) is 0 Å². The summed E-state index contributed by atoms with van der Waals surface area (Å²) in [6.07, 6.45) is 8.22. The first-order valence-corrected chi connectivity index (χ1v) is 12.9. The van der Waals surface area contributed by atoms with Gasteiger partial charge >= 0.3 is 0 Å². The molecular formula is C27H25N5O3S. The molecule has 1 saturated carbocycles. The molecule has 8 nitrogen and oxygen atoms in total. The van der Waals surface area contributed by atoms with Gasteiger partial charge in [-0.1, -0.05) is 42.1 Å². The van der Waals surface area contributed by atoms with Crippen LogP contribution in [-0.2, 0) is 11.8 Å². The Labute approximate surface area is 212 Å². The second kappa shape index (κ2) is 9.66. The van der Waals surface area contributed by atoms with Gasteiger partial charge in [-0.3, -0.25) is 4.79 Å². The molecule has 1 aliphatic heterocycles. The van der Waals surface area contributed by atoms with Crippen LogP contribution in [0.5, 0.6) is 0 Å². The minimum Gasteiger partial charge on any atom is -0.467 e. The third kappa shape index (κ3) is 4.19. The monoisotopic (exact) mass is 499 g/mol. The highest BCUT2D eigenvalue weighted by molar-refractivity contribution is 7.99. The molecule has 182 valence electrons. The van der Waals surface area contributed by atoms with E-state index >= 15 is 0 Å². The summed E-state index contributed by atoms with van der Waals surface area (Å²) >= 11 is 1.36. The Balaban J connectivity index is 1.25. The van der Waals surface area contributed by atoms with Crippen LogP contribution in [0, 0.1) is 5.92 Å². The van der Waals surface area contributed by atoms with Crippen LogP contribution in [0.15, 0.2) is 91.8 Å². The van der Waals surface area contributed by atoms with Crippen LogP contribution in [0.1, 0.15) is 36.8 Å². The molecular weight excluding hydrogens is 474 g/mol. The molecule has 4 aromatic rings. The lowest BCUT2D eigenvalue weighted by Gasteiger charge is -2.27. The number of carbonyl (C=O) groups is 1. The summed E-state index contributed by atoms with van der Waals surface area (Å²) in [4.78, 5) is 13.5. The van der Waals surface area contributed by atoms with Gasteiger partial charge in [-0.15, -0.1) is 10.2 Å². The number of carbonyl (C=O) groups excluding carboxylic acids is 1. The number of hydrogen-bond donors (Lipinski definition) is 0. The van der Waals surface area contributed by atoms with Gasteiger partial charge in [0.05, 0.1) is 24.0 Å². The zero-order valence-electron chi connectivity index (χ0n) is 19.8. The molecule has 0 radical (unpaired) electrons. The van der Waals surface area contributed by atoms with E-state index in [2.05, 4.69) is 10.2 Å². The zero-order valence-corrected chi connectivity index (χ0v) is 20.6. The van der Waals surface area contributed by atoms with Crippen molar-refractivity contribution in [2.24, 2.45) is 18.1 Å². The fourth-order valence-electron chi connectivity index (χ4n) is 4.96. The van der Waals surface area contributed by atoms with Crippen molar-refractivity contribution in [3.8, 4) is 11.4 Å². The van der Waals surface area contributed by atoms with E-state index in [0.717, 1.165) is 53.5 Å². The van der Waals surface area contributed by atoms with E-state index in [9.17, 15) is 4.79 Å². The number of hydrazone groups is 1. The van der Waals surface area contributed by atoms with Crippen LogP contribution in [0.25, 0.3) is 17.5 Å². The lowest BCUT2D eigenvalue weighted by atomic mass is 9.79. The number of amides is 1. The molecule has 1 fully saturated rings. The Kier molecular flexibility index (Phi) is 6.06. The van der Waals surface area contributed by atoms with Crippen molar-refractivity contribution in [3.63, 3.8) is 0 Å². The molecule has 6 rings (SSSR count). The van der Waals surface area contributed by atoms with Crippen LogP contribution in [-0.4, -0.2) is 37.1 Å². The first kappa shape index (κ1) is 22.6. The first-order valence-electron chi connectivity index (χ1n) is 11.9. The van der Waals surface area contributed by atoms with E-state index in [1.807, 2.05) is 72.3 Å². The van der Waals surface area contributed by atoms with Gasteiger partial charge in [0, 0.05) is 18.5 Å². The summed E-state index contributed by atoms with van der Waals surface area (Å²) in [5.41, 5.74) is 3.04. The minimum atomic E-state index is -0.261. The number of benzene rings is 1. The van der Waals surface area contributed by atoms with Crippen molar-refractivity contribution in [1.82, 2.24) is 19.8 Å². The zero-order chi connectivity index (χ0) is 24.5. The van der Waals surface area contributed by atoms with Crippen LogP contribution >= 0.6 is 11.8 Å². The third-order valence-electron chi connectivity index (χ3n) is 6.64. The average Bonchev–Trinajstić information content (AvgIpc) is 3.70. The second-order valence-electron chi connectivity index (χ2n) is 8.89. The molecule has 36 heavy (non-hydrogen) atoms. The number of thioether (sulfide) groups is 1. The van der Waals surface area contributed by atoms with Crippen molar-refractivity contribution in [1.29, 1.82) is 0 Å². The SMILES string of the molecule is Cn1c(SCC(=O)N2N=C3/C(=C/c4ccco4)CCCC3C2c2ccco2)nnc1-c1ccccc1. The largest absolute Gasteiger partial charge is 0.467 e. The molecule has 0 N–H and O–H groups in total. The Bertz CT molecular complexity index is 1410. The van der Waals surface area contributed by atoms with Gasteiger partial charge in [0.2, 0.25) is 0 Å². The molecule has 2 aliphatic rings. The highest BCUT2D eigenvalue weighted by atomic mass is 32.2. The summed E-state index contributed by atoms with van der Waals surface area (Å²) in [5, 5.41) is 15.8. The fraction of sp³-hybridized carbons (Fsp3) is 0.259. The topological polar surface area (TPSA) is 89.7 Å². The van der Waals surface area contributed by atoms with Crippen molar-refractivity contribution in [2.45, 2.75) is 30.5 Å². The van der Waals surface area contributed by atoms with Gasteiger partial charge in [-0.2, -0.15) is 5.10 Å². The highest BCUT2D eigenvalue weighted by Crippen LogP contribution is 2.44. The van der Waals surface area contributed by atoms with Crippen molar-refractivity contribution < 1.29 is 13.6 Å². The van der Waals surface area contributed by atoms with Crippen LogP contribution in [0.4, 0.5) is 0 Å². The summed E-state index contributed by atoms with van der Waals surface area (Å²) in [7, 11) is 1.91. The highest BCUT2D eigenvalue weighted by Gasteiger charge is 2.45. The minimum absolute atomic E-state index is 0.0829. The molecule has 0 bridgehead atoms. The Morgan fingerprint density at radius 1 is 1.08 bits per heavy atom.